The second-order valence-electron chi connectivity index (χ2n) is 9.50. The number of hydrogen-bond donors (Lipinski definition) is 2. The molecule has 11 heteroatoms. The molecule has 2 N–H and O–H groups in total. The van der Waals surface area contributed by atoms with Crippen LogP contribution < -0.4 is 5.48 Å². The van der Waals surface area contributed by atoms with E-state index in [9.17, 15) is 18.0 Å². The van der Waals surface area contributed by atoms with Gasteiger partial charge in [0, 0.05) is 68.5 Å². The summed E-state index contributed by atoms with van der Waals surface area (Å²) in [6, 6.07) is 2.10. The molecule has 1 aromatic heterocycles. The lowest BCUT2D eigenvalue weighted by Gasteiger charge is -2.43. The van der Waals surface area contributed by atoms with E-state index >= 15 is 0 Å². The fourth-order valence-electron chi connectivity index (χ4n) is 4.59. The number of ether oxygens (including phenoxy) is 1. The van der Waals surface area contributed by atoms with Crippen molar-refractivity contribution in [3.63, 3.8) is 0 Å². The van der Waals surface area contributed by atoms with Gasteiger partial charge in [0.1, 0.15) is 0 Å². The largest absolute Gasteiger partial charge is 0.381 e. The highest BCUT2D eigenvalue weighted by molar-refractivity contribution is 7.92. The van der Waals surface area contributed by atoms with Crippen molar-refractivity contribution in [2.75, 3.05) is 39.1 Å². The molecule has 3 aliphatic rings. The second-order valence-corrected chi connectivity index (χ2v) is 11.9. The van der Waals surface area contributed by atoms with E-state index < -0.39 is 20.5 Å². The topological polar surface area (TPSA) is 121 Å². The molecule has 2 saturated heterocycles. The Morgan fingerprint density at radius 3 is 2.63 bits per heavy atom. The van der Waals surface area contributed by atoms with E-state index in [2.05, 4.69) is 28.6 Å². The molecule has 2 fully saturated rings. The number of likely N-dealkylation sites (tertiary alicyclic amines) is 1. The molecule has 1 aromatic rings. The number of rotatable bonds is 6. The van der Waals surface area contributed by atoms with Crippen molar-refractivity contribution in [2.45, 2.75) is 43.5 Å². The second kappa shape index (κ2) is 10.0. The molecule has 10 nitrogen and oxygen atoms in total. The van der Waals surface area contributed by atoms with E-state index in [0.29, 0.717) is 17.5 Å². The van der Waals surface area contributed by atoms with Gasteiger partial charge in [0.25, 0.3) is 5.91 Å². The summed E-state index contributed by atoms with van der Waals surface area (Å²) < 4.78 is 29.3. The lowest BCUT2D eigenvalue weighted by Crippen LogP contribution is -2.53. The lowest BCUT2D eigenvalue weighted by molar-refractivity contribution is -0.131. The van der Waals surface area contributed by atoms with Crippen molar-refractivity contribution in [2.24, 2.45) is 5.92 Å². The van der Waals surface area contributed by atoms with Gasteiger partial charge in [-0.1, -0.05) is 11.8 Å². The van der Waals surface area contributed by atoms with Crippen LogP contribution in [0.5, 0.6) is 0 Å². The summed E-state index contributed by atoms with van der Waals surface area (Å²) in [5.41, 5.74) is 2.82. The first-order chi connectivity index (χ1) is 16.6. The smallest absolute Gasteiger partial charge is 0.328 e. The zero-order valence-corrected chi connectivity index (χ0v) is 20.7. The van der Waals surface area contributed by atoms with Gasteiger partial charge in [-0.05, 0) is 44.1 Å². The minimum Gasteiger partial charge on any atom is -0.381 e. The standard InChI is InChI=1S/C24H30N4O6S/c1-24(22(29)25-31,35(2,32)33)9-10-26-17-21-13-18(16-28(21)23(26)30)5-3-4-6-19-14-27(15-19)20-7-11-34-12-8-20/h13,16,19-20,31H,7-12,14-15,17H2,1-2H3,(H,25,29)/t24-/m1/s1. The molecule has 35 heavy (non-hydrogen) atoms. The minimum absolute atomic E-state index is 0.0380. The van der Waals surface area contributed by atoms with Crippen molar-refractivity contribution < 1.29 is 28.0 Å². The number of carbonyl (C=O) groups excluding carboxylic acids is 2. The predicted octanol–water partition coefficient (Wildman–Crippen LogP) is 0.436. The third-order valence-electron chi connectivity index (χ3n) is 7.15. The maximum atomic E-state index is 12.7. The van der Waals surface area contributed by atoms with E-state index in [-0.39, 0.29) is 25.5 Å². The summed E-state index contributed by atoms with van der Waals surface area (Å²) in [7, 11) is -3.83. The monoisotopic (exact) mass is 502 g/mol. The maximum absolute atomic E-state index is 12.7. The first-order valence-corrected chi connectivity index (χ1v) is 13.5. The first-order valence-electron chi connectivity index (χ1n) is 11.6. The molecule has 0 bridgehead atoms. The van der Waals surface area contributed by atoms with E-state index in [1.54, 1.807) is 12.3 Å². The molecule has 188 valence electrons. The van der Waals surface area contributed by atoms with Crippen molar-refractivity contribution in [3.8, 4) is 23.7 Å². The van der Waals surface area contributed by atoms with Gasteiger partial charge in [-0.2, -0.15) is 0 Å². The highest BCUT2D eigenvalue weighted by Gasteiger charge is 2.44. The van der Waals surface area contributed by atoms with Crippen LogP contribution in [0.3, 0.4) is 0 Å². The normalized spacial score (nSPS) is 20.7. The molecular weight excluding hydrogens is 472 g/mol. The van der Waals surface area contributed by atoms with Crippen LogP contribution in [0.1, 0.15) is 37.4 Å². The van der Waals surface area contributed by atoms with Crippen molar-refractivity contribution in [3.05, 3.63) is 23.5 Å². The van der Waals surface area contributed by atoms with Crippen LogP contribution >= 0.6 is 0 Å². The van der Waals surface area contributed by atoms with Crippen LogP contribution in [-0.4, -0.2) is 89.8 Å². The molecule has 3 aliphatic heterocycles. The molecule has 0 aliphatic carbocycles. The predicted molar refractivity (Wildman–Crippen MR) is 127 cm³/mol. The molecule has 0 saturated carbocycles. The summed E-state index contributed by atoms with van der Waals surface area (Å²) in [4.78, 5) is 28.6. The van der Waals surface area contributed by atoms with E-state index in [4.69, 9.17) is 9.94 Å². The molecule has 0 spiro atoms. The van der Waals surface area contributed by atoms with Crippen LogP contribution in [0.25, 0.3) is 0 Å². The quantitative estimate of drug-likeness (QED) is 0.329. The van der Waals surface area contributed by atoms with E-state index in [1.807, 2.05) is 0 Å². The van der Waals surface area contributed by atoms with Gasteiger partial charge in [0.05, 0.1) is 6.54 Å². The number of nitrogens with one attached hydrogen (secondary N) is 1. The van der Waals surface area contributed by atoms with Gasteiger partial charge in [0.15, 0.2) is 14.6 Å². The number of nitrogens with zero attached hydrogens (tertiary/aromatic N) is 3. The summed E-state index contributed by atoms with van der Waals surface area (Å²) >= 11 is 0. The summed E-state index contributed by atoms with van der Waals surface area (Å²) in [5, 5.41) is 8.94. The molecule has 1 atom stereocenters. The highest BCUT2D eigenvalue weighted by atomic mass is 32.2. The number of fused-ring (bicyclic) bond motifs is 1. The zero-order valence-electron chi connectivity index (χ0n) is 19.9. The number of carbonyl (C=O) groups is 2. The number of hydrogen-bond acceptors (Lipinski definition) is 7. The van der Waals surface area contributed by atoms with E-state index in [0.717, 1.165) is 51.1 Å². The molecule has 0 aromatic carbocycles. The van der Waals surface area contributed by atoms with Gasteiger partial charge in [-0.3, -0.25) is 19.5 Å². The SMILES string of the molecule is C[C@@](CCN1Cc2cc(C#CC#CC3CN(C4CCOCC4)C3)cn2C1=O)(C(=O)NO)S(C)(=O)=O. The Bertz CT molecular complexity index is 1220. The Morgan fingerprint density at radius 1 is 1.29 bits per heavy atom. The summed E-state index contributed by atoms with van der Waals surface area (Å²) in [6.45, 7) is 5.17. The Labute approximate surface area is 205 Å². The first kappa shape index (κ1) is 25.3. The van der Waals surface area contributed by atoms with Gasteiger partial charge in [-0.15, -0.1) is 0 Å². The Morgan fingerprint density at radius 2 is 2.00 bits per heavy atom. The Balaban J connectivity index is 1.30. The molecule has 0 unspecified atom stereocenters. The summed E-state index contributed by atoms with van der Waals surface area (Å²) in [6.07, 6.45) is 4.59. The van der Waals surface area contributed by atoms with Crippen molar-refractivity contribution >= 4 is 21.8 Å². The fraction of sp³-hybridized carbons (Fsp3) is 0.583. The number of hydroxylamine groups is 1. The number of amides is 2. The maximum Gasteiger partial charge on any atom is 0.328 e. The van der Waals surface area contributed by atoms with Crippen molar-refractivity contribution in [1.82, 2.24) is 19.8 Å². The van der Waals surface area contributed by atoms with Gasteiger partial charge in [0.2, 0.25) is 0 Å². The Kier molecular flexibility index (Phi) is 7.25. The molecule has 2 amide bonds. The van der Waals surface area contributed by atoms with E-state index in [1.165, 1.54) is 21.9 Å². The third-order valence-corrected chi connectivity index (χ3v) is 9.18. The van der Waals surface area contributed by atoms with Crippen LogP contribution in [0.15, 0.2) is 12.3 Å². The van der Waals surface area contributed by atoms with Gasteiger partial charge < -0.3 is 9.64 Å². The minimum atomic E-state index is -3.83. The van der Waals surface area contributed by atoms with Crippen LogP contribution in [0, 0.1) is 29.6 Å². The molecular formula is C24H30N4O6S. The average molecular weight is 503 g/mol. The number of sulfone groups is 1. The fourth-order valence-corrected chi connectivity index (χ4v) is 5.44. The van der Waals surface area contributed by atoms with Crippen LogP contribution in [0.4, 0.5) is 4.79 Å². The van der Waals surface area contributed by atoms with Gasteiger partial charge in [-0.25, -0.2) is 18.7 Å². The highest BCUT2D eigenvalue weighted by Crippen LogP contribution is 2.26. The van der Waals surface area contributed by atoms with Crippen LogP contribution in [0.2, 0.25) is 0 Å². The third kappa shape index (κ3) is 5.24. The number of aromatic nitrogens is 1. The lowest BCUT2D eigenvalue weighted by atomic mass is 9.95. The van der Waals surface area contributed by atoms with Gasteiger partial charge >= 0.3 is 6.03 Å². The summed E-state index contributed by atoms with van der Waals surface area (Å²) in [5.74, 6) is 11.3. The average Bonchev–Trinajstić information content (AvgIpc) is 3.33. The molecule has 4 heterocycles. The zero-order chi connectivity index (χ0) is 25.2. The molecule has 0 radical (unpaired) electrons. The van der Waals surface area contributed by atoms with Crippen molar-refractivity contribution in [1.29, 1.82) is 0 Å². The van der Waals surface area contributed by atoms with Crippen LogP contribution in [-0.2, 0) is 25.9 Å². The Hall–Kier alpha value is -2.83. The molecule has 4 rings (SSSR count).